The third kappa shape index (κ3) is 5.50. The number of ether oxygens (including phenoxy) is 2. The minimum atomic E-state index is 0.428. The van der Waals surface area contributed by atoms with Gasteiger partial charge in [0.15, 0.2) is 0 Å². The molecule has 0 bridgehead atoms. The average molecular weight is 215 g/mol. The van der Waals surface area contributed by atoms with Crippen LogP contribution in [-0.2, 0) is 9.47 Å². The van der Waals surface area contributed by atoms with Gasteiger partial charge >= 0.3 is 0 Å². The van der Waals surface area contributed by atoms with Gasteiger partial charge in [-0.05, 0) is 25.8 Å². The van der Waals surface area contributed by atoms with Crippen molar-refractivity contribution >= 4 is 0 Å². The van der Waals surface area contributed by atoms with Crippen molar-refractivity contribution in [3.8, 4) is 0 Å². The second-order valence-electron chi connectivity index (χ2n) is 4.19. The lowest BCUT2D eigenvalue weighted by atomic mass is 10.1. The van der Waals surface area contributed by atoms with E-state index >= 15 is 0 Å². The molecule has 1 atom stereocenters. The first-order valence-corrected chi connectivity index (χ1v) is 6.29. The Morgan fingerprint density at radius 2 is 2.07 bits per heavy atom. The van der Waals surface area contributed by atoms with Crippen molar-refractivity contribution < 1.29 is 9.47 Å². The number of nitrogens with one attached hydrogen (secondary N) is 1. The van der Waals surface area contributed by atoms with Crippen molar-refractivity contribution in [1.82, 2.24) is 5.32 Å². The van der Waals surface area contributed by atoms with Gasteiger partial charge in [0, 0.05) is 19.3 Å². The Bertz CT molecular complexity index is 141. The lowest BCUT2D eigenvalue weighted by Gasteiger charge is -2.25. The molecule has 1 aliphatic heterocycles. The third-order valence-electron chi connectivity index (χ3n) is 2.83. The summed E-state index contributed by atoms with van der Waals surface area (Å²) in [6.45, 7) is 7.98. The highest BCUT2D eigenvalue weighted by atomic mass is 16.5. The van der Waals surface area contributed by atoms with E-state index in [-0.39, 0.29) is 0 Å². The molecule has 0 aliphatic carbocycles. The molecule has 0 saturated carbocycles. The van der Waals surface area contributed by atoms with E-state index < -0.39 is 0 Å². The molecule has 0 spiro atoms. The van der Waals surface area contributed by atoms with Crippen molar-refractivity contribution in [3.63, 3.8) is 0 Å². The zero-order chi connectivity index (χ0) is 10.9. The Hall–Kier alpha value is -0.120. The normalized spacial score (nSPS) is 20.4. The SMILES string of the molecule is CCCC(COC1CCOCC1)NCC. The lowest BCUT2D eigenvalue weighted by molar-refractivity contribution is -0.0385. The number of rotatable bonds is 7. The van der Waals surface area contributed by atoms with Crippen LogP contribution in [0.2, 0.25) is 0 Å². The summed E-state index contributed by atoms with van der Waals surface area (Å²) in [5.74, 6) is 0. The molecule has 90 valence electrons. The van der Waals surface area contributed by atoms with Gasteiger partial charge < -0.3 is 14.8 Å². The first-order valence-electron chi connectivity index (χ1n) is 6.29. The number of hydrogen-bond donors (Lipinski definition) is 1. The maximum Gasteiger partial charge on any atom is 0.0623 e. The lowest BCUT2D eigenvalue weighted by Crippen LogP contribution is -2.36. The van der Waals surface area contributed by atoms with Crippen LogP contribution in [0, 0.1) is 0 Å². The summed E-state index contributed by atoms with van der Waals surface area (Å²) in [5.41, 5.74) is 0. The molecule has 1 aliphatic rings. The van der Waals surface area contributed by atoms with E-state index in [0.29, 0.717) is 12.1 Å². The molecule has 1 heterocycles. The second kappa shape index (κ2) is 8.08. The van der Waals surface area contributed by atoms with Crippen molar-refractivity contribution in [1.29, 1.82) is 0 Å². The second-order valence-corrected chi connectivity index (χ2v) is 4.19. The van der Waals surface area contributed by atoms with E-state index in [4.69, 9.17) is 9.47 Å². The van der Waals surface area contributed by atoms with Crippen LogP contribution in [0.25, 0.3) is 0 Å². The molecule has 1 rings (SSSR count). The van der Waals surface area contributed by atoms with E-state index in [1.54, 1.807) is 0 Å². The minimum Gasteiger partial charge on any atom is -0.381 e. The predicted molar refractivity (Wildman–Crippen MR) is 62.2 cm³/mol. The summed E-state index contributed by atoms with van der Waals surface area (Å²) in [5, 5.41) is 3.47. The first-order chi connectivity index (χ1) is 7.36. The van der Waals surface area contributed by atoms with Gasteiger partial charge in [-0.25, -0.2) is 0 Å². The van der Waals surface area contributed by atoms with E-state index in [2.05, 4.69) is 19.2 Å². The van der Waals surface area contributed by atoms with Crippen LogP contribution in [0.5, 0.6) is 0 Å². The summed E-state index contributed by atoms with van der Waals surface area (Å²) >= 11 is 0. The number of likely N-dealkylation sites (N-methyl/N-ethyl adjacent to an activating group) is 1. The molecule has 1 saturated heterocycles. The van der Waals surface area contributed by atoms with Gasteiger partial charge in [0.2, 0.25) is 0 Å². The Balaban J connectivity index is 2.13. The highest BCUT2D eigenvalue weighted by Crippen LogP contribution is 2.11. The predicted octanol–water partition coefficient (Wildman–Crippen LogP) is 1.96. The zero-order valence-corrected chi connectivity index (χ0v) is 10.1. The van der Waals surface area contributed by atoms with Gasteiger partial charge in [-0.15, -0.1) is 0 Å². The monoisotopic (exact) mass is 215 g/mol. The van der Waals surface area contributed by atoms with Crippen molar-refractivity contribution in [3.05, 3.63) is 0 Å². The minimum absolute atomic E-state index is 0.428. The maximum absolute atomic E-state index is 5.91. The molecule has 1 fully saturated rings. The van der Waals surface area contributed by atoms with E-state index in [1.807, 2.05) is 0 Å². The molecule has 1 N–H and O–H groups in total. The standard InChI is InChI=1S/C12H25NO2/c1-3-5-11(13-4-2)10-15-12-6-8-14-9-7-12/h11-13H,3-10H2,1-2H3. The molecule has 0 aromatic rings. The fraction of sp³-hybridized carbons (Fsp3) is 1.00. The smallest absolute Gasteiger partial charge is 0.0623 e. The van der Waals surface area contributed by atoms with Crippen LogP contribution in [0.15, 0.2) is 0 Å². The number of hydrogen-bond acceptors (Lipinski definition) is 3. The first kappa shape index (κ1) is 12.9. The van der Waals surface area contributed by atoms with Crippen molar-refractivity contribution in [2.75, 3.05) is 26.4 Å². The van der Waals surface area contributed by atoms with Gasteiger partial charge in [-0.2, -0.15) is 0 Å². The highest BCUT2D eigenvalue weighted by molar-refractivity contribution is 4.68. The molecule has 0 aromatic carbocycles. The summed E-state index contributed by atoms with van der Waals surface area (Å²) in [4.78, 5) is 0. The van der Waals surface area contributed by atoms with Crippen LogP contribution in [-0.4, -0.2) is 38.5 Å². The van der Waals surface area contributed by atoms with Gasteiger partial charge in [-0.1, -0.05) is 20.3 Å². The summed E-state index contributed by atoms with van der Waals surface area (Å²) in [6, 6.07) is 0.530. The third-order valence-corrected chi connectivity index (χ3v) is 2.83. The molecule has 3 nitrogen and oxygen atoms in total. The Kier molecular flexibility index (Phi) is 6.98. The van der Waals surface area contributed by atoms with Crippen LogP contribution in [0.4, 0.5) is 0 Å². The highest BCUT2D eigenvalue weighted by Gasteiger charge is 2.16. The Morgan fingerprint density at radius 1 is 1.33 bits per heavy atom. The van der Waals surface area contributed by atoms with Crippen LogP contribution >= 0.6 is 0 Å². The molecule has 15 heavy (non-hydrogen) atoms. The quantitative estimate of drug-likeness (QED) is 0.704. The molecule has 0 radical (unpaired) electrons. The molecule has 0 amide bonds. The van der Waals surface area contributed by atoms with Crippen molar-refractivity contribution in [2.45, 2.75) is 51.7 Å². The average Bonchev–Trinajstić information content (AvgIpc) is 2.28. The Labute approximate surface area is 93.5 Å². The van der Waals surface area contributed by atoms with E-state index in [1.165, 1.54) is 12.8 Å². The van der Waals surface area contributed by atoms with Crippen molar-refractivity contribution in [2.24, 2.45) is 0 Å². The molecular weight excluding hydrogens is 190 g/mol. The summed E-state index contributed by atoms with van der Waals surface area (Å²) in [6.07, 6.45) is 4.97. The molecule has 1 unspecified atom stereocenters. The fourth-order valence-electron chi connectivity index (χ4n) is 1.98. The summed E-state index contributed by atoms with van der Waals surface area (Å²) < 4.78 is 11.2. The molecule has 3 heteroatoms. The van der Waals surface area contributed by atoms with Gasteiger partial charge in [0.1, 0.15) is 0 Å². The van der Waals surface area contributed by atoms with Crippen LogP contribution in [0.1, 0.15) is 39.5 Å². The largest absolute Gasteiger partial charge is 0.381 e. The topological polar surface area (TPSA) is 30.5 Å². The van der Waals surface area contributed by atoms with Gasteiger partial charge in [-0.3, -0.25) is 0 Å². The van der Waals surface area contributed by atoms with E-state index in [9.17, 15) is 0 Å². The fourth-order valence-corrected chi connectivity index (χ4v) is 1.98. The Morgan fingerprint density at radius 3 is 2.67 bits per heavy atom. The van der Waals surface area contributed by atoms with Crippen LogP contribution < -0.4 is 5.32 Å². The molecular formula is C12H25NO2. The van der Waals surface area contributed by atoms with E-state index in [0.717, 1.165) is 39.2 Å². The van der Waals surface area contributed by atoms with Gasteiger partial charge in [0.25, 0.3) is 0 Å². The zero-order valence-electron chi connectivity index (χ0n) is 10.1. The maximum atomic E-state index is 5.91. The van der Waals surface area contributed by atoms with Gasteiger partial charge in [0.05, 0.1) is 12.7 Å². The summed E-state index contributed by atoms with van der Waals surface area (Å²) in [7, 11) is 0. The van der Waals surface area contributed by atoms with Crippen LogP contribution in [0.3, 0.4) is 0 Å². The molecule has 0 aromatic heterocycles.